The van der Waals surface area contributed by atoms with E-state index in [0.717, 1.165) is 19.4 Å². The molecule has 1 aliphatic rings. The molecular weight excluding hydrogens is 176 g/mol. The van der Waals surface area contributed by atoms with E-state index in [1.807, 2.05) is 0 Å². The summed E-state index contributed by atoms with van der Waals surface area (Å²) in [4.78, 5) is 0. The van der Waals surface area contributed by atoms with Gasteiger partial charge in [0.05, 0.1) is 11.9 Å². The number of unbranched alkanes of at least 4 members (excludes halogenated alkanes) is 1. The van der Waals surface area contributed by atoms with E-state index in [2.05, 4.69) is 0 Å². The lowest BCUT2D eigenvalue weighted by Crippen LogP contribution is -2.17. The molecule has 0 radical (unpaired) electrons. The molecule has 1 aliphatic carbocycles. The third-order valence-corrected chi connectivity index (χ3v) is 2.75. The summed E-state index contributed by atoms with van der Waals surface area (Å²) in [6, 6.07) is 0. The topological polar surface area (TPSA) is 59.1 Å². The van der Waals surface area contributed by atoms with Gasteiger partial charge in [0, 0.05) is 13.0 Å². The predicted octanol–water partition coefficient (Wildman–Crippen LogP) is 2.44. The van der Waals surface area contributed by atoms with Crippen LogP contribution in [0.2, 0.25) is 0 Å². The average molecular weight is 198 g/mol. The molecule has 3 heteroatoms. The summed E-state index contributed by atoms with van der Waals surface area (Å²) in [7, 11) is 0. The average Bonchev–Trinajstić information content (AvgIpc) is 2.18. The van der Waals surface area contributed by atoms with Gasteiger partial charge in [0.15, 0.2) is 0 Å². The van der Waals surface area contributed by atoms with Gasteiger partial charge in [-0.2, -0.15) is 0 Å². The highest BCUT2D eigenvalue weighted by atomic mass is 16.5. The number of nitrogens with one attached hydrogen (secondary N) is 1. The van der Waals surface area contributed by atoms with E-state index in [0.29, 0.717) is 18.4 Å². The number of rotatable bonds is 6. The molecule has 0 aromatic rings. The molecule has 0 saturated heterocycles. The second-order valence-electron chi connectivity index (χ2n) is 4.11. The number of hydrogen-bond donors (Lipinski definition) is 2. The highest BCUT2D eigenvalue weighted by Crippen LogP contribution is 2.20. The Kier molecular flexibility index (Phi) is 5.60. The summed E-state index contributed by atoms with van der Waals surface area (Å²) >= 11 is 0. The minimum absolute atomic E-state index is 0.294. The minimum atomic E-state index is 0.294. The molecule has 1 rings (SSSR count). The lowest BCUT2D eigenvalue weighted by Gasteiger charge is -2.21. The van der Waals surface area contributed by atoms with Crippen molar-refractivity contribution in [2.24, 2.45) is 5.73 Å². The first kappa shape index (κ1) is 11.5. The smallest absolute Gasteiger partial charge is 0.0905 e. The Morgan fingerprint density at radius 2 is 1.93 bits per heavy atom. The molecule has 0 aliphatic heterocycles. The van der Waals surface area contributed by atoms with Crippen LogP contribution in [0.15, 0.2) is 0 Å². The lowest BCUT2D eigenvalue weighted by atomic mass is 9.98. The molecule has 3 nitrogen and oxygen atoms in total. The number of amidine groups is 1. The zero-order valence-corrected chi connectivity index (χ0v) is 8.93. The summed E-state index contributed by atoms with van der Waals surface area (Å²) < 4.78 is 5.75. The number of nitrogens with two attached hydrogens (primary N) is 1. The van der Waals surface area contributed by atoms with Gasteiger partial charge in [-0.25, -0.2) is 0 Å². The van der Waals surface area contributed by atoms with Crippen molar-refractivity contribution in [3.8, 4) is 0 Å². The maximum absolute atomic E-state index is 7.06. The first-order valence-electron chi connectivity index (χ1n) is 5.73. The van der Waals surface area contributed by atoms with Crippen LogP contribution < -0.4 is 5.73 Å². The Morgan fingerprint density at radius 1 is 1.21 bits per heavy atom. The zero-order valence-electron chi connectivity index (χ0n) is 8.93. The van der Waals surface area contributed by atoms with Gasteiger partial charge in [-0.3, -0.25) is 5.41 Å². The molecular formula is C11H22N2O. The van der Waals surface area contributed by atoms with E-state index in [4.69, 9.17) is 15.9 Å². The fourth-order valence-corrected chi connectivity index (χ4v) is 1.90. The van der Waals surface area contributed by atoms with E-state index in [-0.39, 0.29) is 0 Å². The maximum atomic E-state index is 7.06. The van der Waals surface area contributed by atoms with Gasteiger partial charge in [0.25, 0.3) is 0 Å². The van der Waals surface area contributed by atoms with Crippen LogP contribution in [0.1, 0.15) is 51.4 Å². The summed E-state index contributed by atoms with van der Waals surface area (Å²) in [5.41, 5.74) is 5.26. The molecule has 14 heavy (non-hydrogen) atoms. The van der Waals surface area contributed by atoms with E-state index in [9.17, 15) is 0 Å². The van der Waals surface area contributed by atoms with Crippen molar-refractivity contribution in [1.82, 2.24) is 0 Å². The van der Waals surface area contributed by atoms with Gasteiger partial charge in [-0.15, -0.1) is 0 Å². The first-order valence-corrected chi connectivity index (χ1v) is 5.73. The summed E-state index contributed by atoms with van der Waals surface area (Å²) in [5, 5.41) is 7.06. The Balaban J connectivity index is 1.90. The summed E-state index contributed by atoms with van der Waals surface area (Å²) in [6.45, 7) is 0.845. The Bertz CT molecular complexity index is 165. The quantitative estimate of drug-likeness (QED) is 0.391. The number of hydrogen-bond acceptors (Lipinski definition) is 2. The van der Waals surface area contributed by atoms with Crippen molar-refractivity contribution in [3.05, 3.63) is 0 Å². The molecule has 0 unspecified atom stereocenters. The summed E-state index contributed by atoms with van der Waals surface area (Å²) in [6.07, 6.45) is 9.78. The van der Waals surface area contributed by atoms with Gasteiger partial charge in [0.2, 0.25) is 0 Å². The van der Waals surface area contributed by atoms with E-state index in [1.165, 1.54) is 32.1 Å². The predicted molar refractivity (Wildman–Crippen MR) is 58.6 cm³/mol. The Morgan fingerprint density at radius 3 is 2.57 bits per heavy atom. The zero-order chi connectivity index (χ0) is 10.2. The molecule has 0 amide bonds. The van der Waals surface area contributed by atoms with Gasteiger partial charge in [0.1, 0.15) is 0 Å². The van der Waals surface area contributed by atoms with Crippen LogP contribution in [0.3, 0.4) is 0 Å². The third kappa shape index (κ3) is 5.22. The van der Waals surface area contributed by atoms with Crippen LogP contribution in [-0.2, 0) is 4.74 Å². The lowest BCUT2D eigenvalue weighted by molar-refractivity contribution is 0.0267. The summed E-state index contributed by atoms with van der Waals surface area (Å²) in [5.74, 6) is 0.294. The molecule has 0 aromatic carbocycles. The van der Waals surface area contributed by atoms with Crippen molar-refractivity contribution >= 4 is 5.84 Å². The second kappa shape index (κ2) is 6.82. The van der Waals surface area contributed by atoms with Crippen LogP contribution in [-0.4, -0.2) is 18.5 Å². The maximum Gasteiger partial charge on any atom is 0.0905 e. The normalized spacial score (nSPS) is 18.3. The van der Waals surface area contributed by atoms with Crippen LogP contribution in [0.5, 0.6) is 0 Å². The van der Waals surface area contributed by atoms with E-state index < -0.39 is 0 Å². The molecule has 0 aromatic heterocycles. The molecule has 82 valence electrons. The van der Waals surface area contributed by atoms with E-state index in [1.54, 1.807) is 0 Å². The monoisotopic (exact) mass is 198 g/mol. The highest BCUT2D eigenvalue weighted by molar-refractivity contribution is 5.76. The first-order chi connectivity index (χ1) is 6.79. The van der Waals surface area contributed by atoms with E-state index >= 15 is 0 Å². The van der Waals surface area contributed by atoms with Crippen molar-refractivity contribution in [3.63, 3.8) is 0 Å². The van der Waals surface area contributed by atoms with Crippen molar-refractivity contribution < 1.29 is 4.74 Å². The molecule has 1 fully saturated rings. The van der Waals surface area contributed by atoms with Crippen LogP contribution in [0, 0.1) is 5.41 Å². The minimum Gasteiger partial charge on any atom is -0.388 e. The standard InChI is InChI=1S/C11H22N2O/c12-11(13)8-4-5-9-14-10-6-2-1-3-7-10/h10H,1-9H2,(H3,12,13). The van der Waals surface area contributed by atoms with Crippen LogP contribution in [0.25, 0.3) is 0 Å². The molecule has 0 spiro atoms. The van der Waals surface area contributed by atoms with Gasteiger partial charge in [-0.05, 0) is 25.7 Å². The van der Waals surface area contributed by atoms with Crippen molar-refractivity contribution in [1.29, 1.82) is 5.41 Å². The molecule has 0 bridgehead atoms. The molecule has 1 saturated carbocycles. The third-order valence-electron chi connectivity index (χ3n) is 2.75. The highest BCUT2D eigenvalue weighted by Gasteiger charge is 2.12. The van der Waals surface area contributed by atoms with Gasteiger partial charge >= 0.3 is 0 Å². The molecule has 0 atom stereocenters. The Hall–Kier alpha value is -0.570. The number of ether oxygens (including phenoxy) is 1. The van der Waals surface area contributed by atoms with Gasteiger partial charge < -0.3 is 10.5 Å². The largest absolute Gasteiger partial charge is 0.388 e. The molecule has 3 N–H and O–H groups in total. The molecule has 0 heterocycles. The fraction of sp³-hybridized carbons (Fsp3) is 0.909. The fourth-order valence-electron chi connectivity index (χ4n) is 1.90. The van der Waals surface area contributed by atoms with Gasteiger partial charge in [-0.1, -0.05) is 19.3 Å². The van der Waals surface area contributed by atoms with Crippen LogP contribution in [0.4, 0.5) is 0 Å². The van der Waals surface area contributed by atoms with Crippen LogP contribution >= 0.6 is 0 Å². The SMILES string of the molecule is N=C(N)CCCCOC1CCCCC1. The van der Waals surface area contributed by atoms with Crippen molar-refractivity contribution in [2.75, 3.05) is 6.61 Å². The van der Waals surface area contributed by atoms with Crippen molar-refractivity contribution in [2.45, 2.75) is 57.5 Å². The second-order valence-corrected chi connectivity index (χ2v) is 4.11. The Labute approximate surface area is 86.5 Å².